The zero-order chi connectivity index (χ0) is 13.6. The molecule has 6 heteroatoms. The van der Waals surface area contributed by atoms with Crippen molar-refractivity contribution in [2.24, 2.45) is 0 Å². The summed E-state index contributed by atoms with van der Waals surface area (Å²) in [5.41, 5.74) is 0. The van der Waals surface area contributed by atoms with E-state index in [1.54, 1.807) is 18.2 Å². The van der Waals surface area contributed by atoms with Gasteiger partial charge in [-0.2, -0.15) is 0 Å². The fraction of sp³-hybridized carbons (Fsp3) is 0.417. The summed E-state index contributed by atoms with van der Waals surface area (Å²) in [6.45, 7) is 0. The number of carbonyl (C=O) groups excluding carboxylic acids is 1. The predicted molar refractivity (Wildman–Crippen MR) is 71.1 cm³/mol. The predicted octanol–water partition coefficient (Wildman–Crippen LogP) is 2.31. The molecule has 0 aliphatic rings. The standard InChI is InChI=1S/C12H15FO3S2/c1-18(15,16)8-4-5-10(14)9-17-12-7-3-2-6-11(12)13/h2-3,6-7H,4-5,8-9H2,1H3. The first-order valence-electron chi connectivity index (χ1n) is 5.45. The first-order chi connectivity index (χ1) is 8.38. The maximum Gasteiger partial charge on any atom is 0.147 e. The maximum absolute atomic E-state index is 13.2. The Bertz CT molecular complexity index is 512. The number of hydrogen-bond acceptors (Lipinski definition) is 4. The number of hydrogen-bond donors (Lipinski definition) is 0. The third-order valence-electron chi connectivity index (χ3n) is 2.20. The van der Waals surface area contributed by atoms with Crippen molar-refractivity contribution in [1.29, 1.82) is 0 Å². The summed E-state index contributed by atoms with van der Waals surface area (Å²) in [5.74, 6) is -0.216. The molecule has 0 fully saturated rings. The van der Waals surface area contributed by atoms with Crippen LogP contribution in [0.1, 0.15) is 12.8 Å². The molecule has 0 aromatic heterocycles. The Morgan fingerprint density at radius 2 is 2.00 bits per heavy atom. The number of rotatable bonds is 7. The van der Waals surface area contributed by atoms with E-state index in [9.17, 15) is 17.6 Å². The van der Waals surface area contributed by atoms with E-state index in [1.807, 2.05) is 0 Å². The molecule has 1 rings (SSSR count). The van der Waals surface area contributed by atoms with Crippen LogP contribution < -0.4 is 0 Å². The van der Waals surface area contributed by atoms with Gasteiger partial charge in [-0.1, -0.05) is 12.1 Å². The molecule has 0 amide bonds. The number of Topliss-reactive ketones (excluding diaryl/α,β-unsaturated/α-hetero) is 1. The largest absolute Gasteiger partial charge is 0.299 e. The third-order valence-corrected chi connectivity index (χ3v) is 4.33. The minimum absolute atomic E-state index is 0.0170. The van der Waals surface area contributed by atoms with Gasteiger partial charge < -0.3 is 0 Å². The SMILES string of the molecule is CS(=O)(=O)CCCC(=O)CSc1ccccc1F. The molecule has 0 heterocycles. The number of sulfone groups is 1. The minimum atomic E-state index is -3.01. The highest BCUT2D eigenvalue weighted by molar-refractivity contribution is 8.00. The Hall–Kier alpha value is -0.880. The first kappa shape index (κ1) is 15.2. The topological polar surface area (TPSA) is 51.2 Å². The van der Waals surface area contributed by atoms with Crippen molar-refractivity contribution in [3.8, 4) is 0 Å². The first-order valence-corrected chi connectivity index (χ1v) is 8.50. The highest BCUT2D eigenvalue weighted by Gasteiger charge is 2.08. The lowest BCUT2D eigenvalue weighted by Crippen LogP contribution is -2.07. The molecule has 0 N–H and O–H groups in total. The van der Waals surface area contributed by atoms with E-state index in [1.165, 1.54) is 6.07 Å². The van der Waals surface area contributed by atoms with E-state index >= 15 is 0 Å². The van der Waals surface area contributed by atoms with Gasteiger partial charge in [0.15, 0.2) is 0 Å². The minimum Gasteiger partial charge on any atom is -0.299 e. The third kappa shape index (κ3) is 6.16. The number of halogens is 1. The molecule has 0 radical (unpaired) electrons. The van der Waals surface area contributed by atoms with Crippen LogP contribution in [0.25, 0.3) is 0 Å². The van der Waals surface area contributed by atoms with Crippen LogP contribution in [0.15, 0.2) is 29.2 Å². The van der Waals surface area contributed by atoms with Crippen LogP contribution in [0.4, 0.5) is 4.39 Å². The fourth-order valence-electron chi connectivity index (χ4n) is 1.32. The van der Waals surface area contributed by atoms with Crippen molar-refractivity contribution in [3.63, 3.8) is 0 Å². The van der Waals surface area contributed by atoms with E-state index < -0.39 is 9.84 Å². The van der Waals surface area contributed by atoms with Gasteiger partial charge in [0.25, 0.3) is 0 Å². The van der Waals surface area contributed by atoms with E-state index in [-0.39, 0.29) is 29.5 Å². The highest BCUT2D eigenvalue weighted by Crippen LogP contribution is 2.21. The Kier molecular flexibility index (Phi) is 5.81. The van der Waals surface area contributed by atoms with Crippen molar-refractivity contribution in [2.45, 2.75) is 17.7 Å². The van der Waals surface area contributed by atoms with Crippen molar-refractivity contribution >= 4 is 27.4 Å². The lowest BCUT2D eigenvalue weighted by atomic mass is 10.2. The summed E-state index contributed by atoms with van der Waals surface area (Å²) >= 11 is 1.14. The lowest BCUT2D eigenvalue weighted by molar-refractivity contribution is -0.116. The van der Waals surface area contributed by atoms with Crippen molar-refractivity contribution < 1.29 is 17.6 Å². The highest BCUT2D eigenvalue weighted by atomic mass is 32.2. The summed E-state index contributed by atoms with van der Waals surface area (Å²) < 4.78 is 35.0. The second kappa shape index (κ2) is 6.89. The van der Waals surface area contributed by atoms with Crippen molar-refractivity contribution in [3.05, 3.63) is 30.1 Å². The van der Waals surface area contributed by atoms with Crippen LogP contribution in [-0.4, -0.2) is 32.0 Å². The fourth-order valence-corrected chi connectivity index (χ4v) is 2.83. The normalized spacial score (nSPS) is 11.4. The molecule has 18 heavy (non-hydrogen) atoms. The quantitative estimate of drug-likeness (QED) is 0.723. The monoisotopic (exact) mass is 290 g/mol. The van der Waals surface area contributed by atoms with Crippen LogP contribution >= 0.6 is 11.8 Å². The van der Waals surface area contributed by atoms with E-state index in [2.05, 4.69) is 0 Å². The van der Waals surface area contributed by atoms with Gasteiger partial charge in [-0.05, 0) is 18.6 Å². The Labute approximate surface area is 111 Å². The van der Waals surface area contributed by atoms with Crippen LogP contribution in [0, 0.1) is 5.82 Å². The zero-order valence-corrected chi connectivity index (χ0v) is 11.7. The average molecular weight is 290 g/mol. The number of benzene rings is 1. The van der Waals surface area contributed by atoms with Gasteiger partial charge in [0, 0.05) is 17.6 Å². The van der Waals surface area contributed by atoms with Gasteiger partial charge in [-0.15, -0.1) is 11.8 Å². The smallest absolute Gasteiger partial charge is 0.147 e. The van der Waals surface area contributed by atoms with Crippen molar-refractivity contribution in [1.82, 2.24) is 0 Å². The van der Waals surface area contributed by atoms with Gasteiger partial charge in [0.05, 0.1) is 11.5 Å². The zero-order valence-electron chi connectivity index (χ0n) is 10.1. The van der Waals surface area contributed by atoms with Gasteiger partial charge >= 0.3 is 0 Å². The maximum atomic E-state index is 13.2. The summed E-state index contributed by atoms with van der Waals surface area (Å²) in [6, 6.07) is 6.26. The number of carbonyl (C=O) groups is 1. The Morgan fingerprint density at radius 3 is 2.61 bits per heavy atom. The molecule has 1 aromatic carbocycles. The van der Waals surface area contributed by atoms with Gasteiger partial charge in [-0.25, -0.2) is 12.8 Å². The molecule has 0 unspecified atom stereocenters. The number of ketones is 1. The molecule has 0 spiro atoms. The summed E-state index contributed by atoms with van der Waals surface area (Å²) in [4.78, 5) is 11.9. The number of thioether (sulfide) groups is 1. The van der Waals surface area contributed by atoms with Crippen LogP contribution in [0.3, 0.4) is 0 Å². The molecule has 0 aliphatic carbocycles. The molecule has 0 saturated heterocycles. The summed E-state index contributed by atoms with van der Waals surface area (Å²) in [5, 5.41) is 0. The van der Waals surface area contributed by atoms with Crippen LogP contribution in [0.5, 0.6) is 0 Å². The summed E-state index contributed by atoms with van der Waals surface area (Å²) in [6.07, 6.45) is 1.69. The Balaban J connectivity index is 2.32. The second-order valence-corrected chi connectivity index (χ2v) is 7.27. The van der Waals surface area contributed by atoms with Gasteiger partial charge in [-0.3, -0.25) is 4.79 Å². The molecular weight excluding hydrogens is 275 g/mol. The van der Waals surface area contributed by atoms with Gasteiger partial charge in [0.2, 0.25) is 0 Å². The molecule has 0 saturated carbocycles. The molecule has 0 aliphatic heterocycles. The molecule has 0 bridgehead atoms. The molecule has 0 atom stereocenters. The molecule has 3 nitrogen and oxygen atoms in total. The lowest BCUT2D eigenvalue weighted by Gasteiger charge is -2.02. The van der Waals surface area contributed by atoms with E-state index in [4.69, 9.17) is 0 Å². The summed E-state index contributed by atoms with van der Waals surface area (Å²) in [7, 11) is -3.01. The molecular formula is C12H15FO3S2. The van der Waals surface area contributed by atoms with Crippen molar-refractivity contribution in [2.75, 3.05) is 17.8 Å². The second-order valence-electron chi connectivity index (χ2n) is 3.99. The van der Waals surface area contributed by atoms with Crippen LogP contribution in [0.2, 0.25) is 0 Å². The Morgan fingerprint density at radius 1 is 1.33 bits per heavy atom. The average Bonchev–Trinajstić information content (AvgIpc) is 2.26. The van der Waals surface area contributed by atoms with Crippen LogP contribution in [-0.2, 0) is 14.6 Å². The molecule has 100 valence electrons. The molecule has 1 aromatic rings. The van der Waals surface area contributed by atoms with E-state index in [0.29, 0.717) is 11.3 Å². The van der Waals surface area contributed by atoms with E-state index in [0.717, 1.165) is 18.0 Å². The van der Waals surface area contributed by atoms with Gasteiger partial charge in [0.1, 0.15) is 21.4 Å².